The summed E-state index contributed by atoms with van der Waals surface area (Å²) < 4.78 is 39.0. The highest BCUT2D eigenvalue weighted by atomic mass is 19.4. The average Bonchev–Trinajstić information content (AvgIpc) is 2.67. The smallest absolute Gasteiger partial charge is 0.322 e. The van der Waals surface area contributed by atoms with Crippen molar-refractivity contribution in [2.75, 3.05) is 0 Å². The minimum atomic E-state index is -4.38. The SMILES string of the molecule is Cc1cc(CC(N)c2ccc(C(F)(F)F)cn2)n(C)n1. The first-order valence-electron chi connectivity index (χ1n) is 6.05. The van der Waals surface area contributed by atoms with Gasteiger partial charge >= 0.3 is 6.18 Å². The number of nitrogens with two attached hydrogens (primary N) is 1. The number of rotatable bonds is 3. The molecule has 2 aromatic rings. The predicted molar refractivity (Wildman–Crippen MR) is 67.8 cm³/mol. The van der Waals surface area contributed by atoms with Crippen LogP contribution < -0.4 is 5.73 Å². The van der Waals surface area contributed by atoms with Gasteiger partial charge < -0.3 is 5.73 Å². The molecule has 0 amide bonds. The zero-order chi connectivity index (χ0) is 14.9. The van der Waals surface area contributed by atoms with Gasteiger partial charge in [-0.3, -0.25) is 9.67 Å². The highest BCUT2D eigenvalue weighted by Crippen LogP contribution is 2.29. The molecule has 0 spiro atoms. The van der Waals surface area contributed by atoms with Gasteiger partial charge in [0.2, 0.25) is 0 Å². The predicted octanol–water partition coefficient (Wildman–Crippen LogP) is 2.38. The fourth-order valence-corrected chi connectivity index (χ4v) is 1.98. The van der Waals surface area contributed by atoms with Crippen molar-refractivity contribution in [2.45, 2.75) is 25.6 Å². The van der Waals surface area contributed by atoms with Crippen LogP contribution in [0, 0.1) is 6.92 Å². The van der Waals surface area contributed by atoms with Crippen molar-refractivity contribution in [2.24, 2.45) is 12.8 Å². The number of halogens is 3. The summed E-state index contributed by atoms with van der Waals surface area (Å²) in [5.74, 6) is 0. The van der Waals surface area contributed by atoms with Crippen LogP contribution in [0.2, 0.25) is 0 Å². The van der Waals surface area contributed by atoms with Gasteiger partial charge in [0.25, 0.3) is 0 Å². The standard InChI is InChI=1S/C13H15F3N4/c1-8-5-10(20(2)19-8)6-11(17)12-4-3-9(7-18-12)13(14,15)16/h3-5,7,11H,6,17H2,1-2H3. The van der Waals surface area contributed by atoms with Crippen LogP contribution in [-0.4, -0.2) is 14.8 Å². The maximum atomic E-state index is 12.4. The molecule has 2 aromatic heterocycles. The molecule has 108 valence electrons. The van der Waals surface area contributed by atoms with E-state index in [1.807, 2.05) is 13.0 Å². The van der Waals surface area contributed by atoms with E-state index < -0.39 is 17.8 Å². The molecule has 0 bridgehead atoms. The molecule has 2 heterocycles. The topological polar surface area (TPSA) is 56.7 Å². The van der Waals surface area contributed by atoms with Crippen molar-refractivity contribution < 1.29 is 13.2 Å². The largest absolute Gasteiger partial charge is 0.417 e. The normalized spacial score (nSPS) is 13.5. The highest BCUT2D eigenvalue weighted by molar-refractivity contribution is 5.20. The van der Waals surface area contributed by atoms with Gasteiger partial charge in [0.05, 0.1) is 23.0 Å². The number of alkyl halides is 3. The third kappa shape index (κ3) is 3.16. The molecule has 0 aliphatic heterocycles. The first-order chi connectivity index (χ1) is 9.27. The Kier molecular flexibility index (Phi) is 3.80. The van der Waals surface area contributed by atoms with Gasteiger partial charge in [0.1, 0.15) is 0 Å². The Bertz CT molecular complexity index is 587. The lowest BCUT2D eigenvalue weighted by molar-refractivity contribution is -0.137. The van der Waals surface area contributed by atoms with Crippen molar-refractivity contribution in [1.82, 2.24) is 14.8 Å². The number of pyridine rings is 1. The Labute approximate surface area is 114 Å². The third-order valence-electron chi connectivity index (χ3n) is 3.02. The zero-order valence-corrected chi connectivity index (χ0v) is 11.1. The molecule has 7 heteroatoms. The summed E-state index contributed by atoms with van der Waals surface area (Å²) >= 11 is 0. The van der Waals surface area contributed by atoms with Gasteiger partial charge in [-0.05, 0) is 25.1 Å². The number of hydrogen-bond donors (Lipinski definition) is 1. The zero-order valence-electron chi connectivity index (χ0n) is 11.1. The summed E-state index contributed by atoms with van der Waals surface area (Å²) in [4.78, 5) is 3.80. The van der Waals surface area contributed by atoms with Gasteiger partial charge in [0, 0.05) is 25.4 Å². The van der Waals surface area contributed by atoms with Gasteiger partial charge in [0.15, 0.2) is 0 Å². The van der Waals surface area contributed by atoms with E-state index in [4.69, 9.17) is 5.73 Å². The molecular weight excluding hydrogens is 269 g/mol. The van der Waals surface area contributed by atoms with E-state index in [2.05, 4.69) is 10.1 Å². The van der Waals surface area contributed by atoms with Gasteiger partial charge in [-0.25, -0.2) is 0 Å². The summed E-state index contributed by atoms with van der Waals surface area (Å²) in [6.45, 7) is 1.87. The lowest BCUT2D eigenvalue weighted by Gasteiger charge is -2.12. The Balaban J connectivity index is 2.13. The van der Waals surface area contributed by atoms with E-state index in [9.17, 15) is 13.2 Å². The second-order valence-electron chi connectivity index (χ2n) is 4.68. The second-order valence-corrected chi connectivity index (χ2v) is 4.68. The highest BCUT2D eigenvalue weighted by Gasteiger charge is 2.30. The van der Waals surface area contributed by atoms with E-state index in [0.717, 1.165) is 23.7 Å². The summed E-state index contributed by atoms with van der Waals surface area (Å²) in [6.07, 6.45) is -3.10. The third-order valence-corrected chi connectivity index (χ3v) is 3.02. The van der Waals surface area contributed by atoms with Crippen LogP contribution in [-0.2, 0) is 19.6 Å². The minimum absolute atomic E-state index is 0.428. The summed E-state index contributed by atoms with van der Waals surface area (Å²) in [7, 11) is 1.80. The van der Waals surface area contributed by atoms with Crippen molar-refractivity contribution in [3.8, 4) is 0 Å². The van der Waals surface area contributed by atoms with Crippen molar-refractivity contribution in [3.63, 3.8) is 0 Å². The molecule has 0 aliphatic rings. The molecule has 0 aromatic carbocycles. The molecule has 1 unspecified atom stereocenters. The quantitative estimate of drug-likeness (QED) is 0.941. The van der Waals surface area contributed by atoms with Crippen LogP contribution in [0.4, 0.5) is 13.2 Å². The Morgan fingerprint density at radius 1 is 1.35 bits per heavy atom. The van der Waals surface area contributed by atoms with Gasteiger partial charge in [-0.15, -0.1) is 0 Å². The lowest BCUT2D eigenvalue weighted by atomic mass is 10.1. The Morgan fingerprint density at radius 3 is 2.50 bits per heavy atom. The van der Waals surface area contributed by atoms with Crippen molar-refractivity contribution >= 4 is 0 Å². The summed E-state index contributed by atoms with van der Waals surface area (Å²) in [5, 5.41) is 4.20. The number of hydrogen-bond acceptors (Lipinski definition) is 3. The molecule has 4 nitrogen and oxygen atoms in total. The molecule has 0 saturated heterocycles. The second kappa shape index (κ2) is 5.24. The van der Waals surface area contributed by atoms with E-state index in [0.29, 0.717) is 12.1 Å². The van der Waals surface area contributed by atoms with Crippen LogP contribution in [0.15, 0.2) is 24.4 Å². The van der Waals surface area contributed by atoms with Gasteiger partial charge in [-0.2, -0.15) is 18.3 Å². The molecule has 0 aliphatic carbocycles. The summed E-state index contributed by atoms with van der Waals surface area (Å²) in [5.41, 5.74) is 7.42. The Hall–Kier alpha value is -1.89. The molecule has 1 atom stereocenters. The number of aryl methyl sites for hydroxylation is 2. The fourth-order valence-electron chi connectivity index (χ4n) is 1.98. The van der Waals surface area contributed by atoms with Crippen LogP contribution >= 0.6 is 0 Å². The van der Waals surface area contributed by atoms with Gasteiger partial charge in [-0.1, -0.05) is 0 Å². The first-order valence-corrected chi connectivity index (χ1v) is 6.05. The molecule has 0 fully saturated rings. The maximum Gasteiger partial charge on any atom is 0.417 e. The van der Waals surface area contributed by atoms with Crippen LogP contribution in [0.25, 0.3) is 0 Å². The molecular formula is C13H15F3N4. The maximum absolute atomic E-state index is 12.4. The minimum Gasteiger partial charge on any atom is -0.322 e. The van der Waals surface area contributed by atoms with Crippen LogP contribution in [0.3, 0.4) is 0 Å². The van der Waals surface area contributed by atoms with E-state index in [1.165, 1.54) is 6.07 Å². The first kappa shape index (κ1) is 14.5. The number of aromatic nitrogens is 3. The fraction of sp³-hybridized carbons (Fsp3) is 0.385. The monoisotopic (exact) mass is 284 g/mol. The van der Waals surface area contributed by atoms with E-state index >= 15 is 0 Å². The van der Waals surface area contributed by atoms with Crippen molar-refractivity contribution in [3.05, 3.63) is 47.0 Å². The Morgan fingerprint density at radius 2 is 2.05 bits per heavy atom. The van der Waals surface area contributed by atoms with Crippen molar-refractivity contribution in [1.29, 1.82) is 0 Å². The molecule has 2 N–H and O–H groups in total. The van der Waals surface area contributed by atoms with E-state index in [1.54, 1.807) is 11.7 Å². The molecule has 2 rings (SSSR count). The van der Waals surface area contributed by atoms with Crippen LogP contribution in [0.1, 0.15) is 28.7 Å². The van der Waals surface area contributed by atoms with E-state index in [-0.39, 0.29) is 0 Å². The molecule has 0 radical (unpaired) electrons. The molecule has 0 saturated carbocycles. The van der Waals surface area contributed by atoms with Crippen LogP contribution in [0.5, 0.6) is 0 Å². The lowest BCUT2D eigenvalue weighted by Crippen LogP contribution is -2.17. The number of nitrogens with zero attached hydrogens (tertiary/aromatic N) is 3. The summed E-state index contributed by atoms with van der Waals surface area (Å²) in [6, 6.07) is 3.74. The average molecular weight is 284 g/mol. The molecule has 20 heavy (non-hydrogen) atoms.